The lowest BCUT2D eigenvalue weighted by atomic mass is 10.0. The zero-order valence-corrected chi connectivity index (χ0v) is 8.64. The van der Waals surface area contributed by atoms with Crippen LogP contribution in [0.5, 0.6) is 0 Å². The Morgan fingerprint density at radius 3 is 3.07 bits per heavy atom. The van der Waals surface area contributed by atoms with Gasteiger partial charge in [0, 0.05) is 25.4 Å². The quantitative estimate of drug-likeness (QED) is 0.756. The zero-order chi connectivity index (χ0) is 10.3. The van der Waals surface area contributed by atoms with Crippen LogP contribution in [0.3, 0.4) is 0 Å². The molecule has 2 heterocycles. The van der Waals surface area contributed by atoms with Crippen molar-refractivity contribution in [2.45, 2.75) is 12.6 Å². The van der Waals surface area contributed by atoms with Gasteiger partial charge in [0.15, 0.2) is 0 Å². The maximum Gasteiger partial charge on any atom is 0.0613 e. The van der Waals surface area contributed by atoms with E-state index in [1.807, 2.05) is 17.9 Å². The average molecular weight is 199 g/mol. The van der Waals surface area contributed by atoms with Gasteiger partial charge in [-0.15, -0.1) is 0 Å². The first-order valence-electron chi connectivity index (χ1n) is 5.14. The van der Waals surface area contributed by atoms with E-state index in [4.69, 9.17) is 0 Å². The summed E-state index contributed by atoms with van der Waals surface area (Å²) in [6.07, 6.45) is 4.00. The van der Waals surface area contributed by atoms with Crippen LogP contribution in [-0.2, 0) is 13.6 Å². The van der Waals surface area contributed by atoms with Gasteiger partial charge in [0.2, 0.25) is 0 Å². The van der Waals surface area contributed by atoms with Gasteiger partial charge in [-0.3, -0.25) is 4.68 Å². The number of benzene rings is 1. The molecule has 0 bridgehead atoms. The second-order valence-corrected chi connectivity index (χ2v) is 3.96. The van der Waals surface area contributed by atoms with Crippen LogP contribution in [0.2, 0.25) is 0 Å². The third-order valence-corrected chi connectivity index (χ3v) is 2.92. The summed E-state index contributed by atoms with van der Waals surface area (Å²) in [7, 11) is 1.95. The van der Waals surface area contributed by atoms with Crippen LogP contribution < -0.4 is 5.32 Å². The third kappa shape index (κ3) is 1.36. The highest BCUT2D eigenvalue weighted by atomic mass is 15.2. The summed E-state index contributed by atoms with van der Waals surface area (Å²) < 4.78 is 1.85. The molecule has 76 valence electrons. The molecule has 3 heteroatoms. The van der Waals surface area contributed by atoms with E-state index in [9.17, 15) is 0 Å². The van der Waals surface area contributed by atoms with E-state index in [2.05, 4.69) is 40.9 Å². The number of fused-ring (bicyclic) bond motifs is 1. The molecular weight excluding hydrogens is 186 g/mol. The number of hydrogen-bond donors (Lipinski definition) is 1. The van der Waals surface area contributed by atoms with Crippen LogP contribution >= 0.6 is 0 Å². The molecule has 2 aromatic rings. The average Bonchev–Trinajstić information content (AvgIpc) is 2.83. The van der Waals surface area contributed by atoms with Gasteiger partial charge >= 0.3 is 0 Å². The molecular formula is C12H13N3. The number of rotatable bonds is 1. The fourth-order valence-electron chi connectivity index (χ4n) is 2.19. The predicted octanol–water partition coefficient (Wildman–Crippen LogP) is 1.61. The Bertz CT molecular complexity index is 487. The van der Waals surface area contributed by atoms with E-state index in [-0.39, 0.29) is 0 Å². The smallest absolute Gasteiger partial charge is 0.0613 e. The largest absolute Gasteiger partial charge is 0.302 e. The summed E-state index contributed by atoms with van der Waals surface area (Å²) in [4.78, 5) is 0. The zero-order valence-electron chi connectivity index (χ0n) is 8.64. The lowest BCUT2D eigenvalue weighted by molar-refractivity contribution is 0.666. The standard InChI is InChI=1S/C12H13N3/c1-15-8-10(7-14-15)12-11-5-3-2-4-9(11)6-13-12/h2-5,7-8,12-13H,6H2,1H3. The van der Waals surface area contributed by atoms with Crippen LogP contribution in [-0.4, -0.2) is 9.78 Å². The van der Waals surface area contributed by atoms with Crippen molar-refractivity contribution in [2.24, 2.45) is 7.05 Å². The molecule has 0 amide bonds. The lowest BCUT2D eigenvalue weighted by Crippen LogP contribution is -2.12. The Morgan fingerprint density at radius 1 is 1.40 bits per heavy atom. The molecule has 0 spiro atoms. The van der Waals surface area contributed by atoms with Crippen LogP contribution in [0, 0.1) is 0 Å². The number of aryl methyl sites for hydroxylation is 1. The maximum absolute atomic E-state index is 4.21. The van der Waals surface area contributed by atoms with Crippen molar-refractivity contribution in [3.63, 3.8) is 0 Å². The predicted molar refractivity (Wildman–Crippen MR) is 58.3 cm³/mol. The Morgan fingerprint density at radius 2 is 2.27 bits per heavy atom. The van der Waals surface area contributed by atoms with Crippen LogP contribution in [0.25, 0.3) is 0 Å². The molecule has 0 saturated carbocycles. The normalized spacial score (nSPS) is 19.1. The second-order valence-electron chi connectivity index (χ2n) is 3.96. The van der Waals surface area contributed by atoms with Crippen molar-refractivity contribution in [1.29, 1.82) is 0 Å². The molecule has 3 nitrogen and oxygen atoms in total. The maximum atomic E-state index is 4.21. The van der Waals surface area contributed by atoms with Crippen molar-refractivity contribution in [3.05, 3.63) is 53.3 Å². The minimum absolute atomic E-state index is 0.315. The van der Waals surface area contributed by atoms with Gasteiger partial charge in [0.1, 0.15) is 0 Å². The van der Waals surface area contributed by atoms with Crippen molar-refractivity contribution in [2.75, 3.05) is 0 Å². The highest BCUT2D eigenvalue weighted by Gasteiger charge is 2.23. The highest BCUT2D eigenvalue weighted by molar-refractivity contribution is 5.39. The minimum atomic E-state index is 0.315. The van der Waals surface area contributed by atoms with Crippen LogP contribution in [0.15, 0.2) is 36.7 Å². The number of nitrogens with one attached hydrogen (secondary N) is 1. The molecule has 1 aromatic heterocycles. The monoisotopic (exact) mass is 199 g/mol. The van der Waals surface area contributed by atoms with Crippen molar-refractivity contribution in [3.8, 4) is 0 Å². The first-order chi connectivity index (χ1) is 7.34. The van der Waals surface area contributed by atoms with Crippen LogP contribution in [0.4, 0.5) is 0 Å². The van der Waals surface area contributed by atoms with Gasteiger partial charge in [-0.05, 0) is 11.1 Å². The summed E-state index contributed by atoms with van der Waals surface area (Å²) in [6.45, 7) is 0.954. The first kappa shape index (κ1) is 8.68. The molecule has 3 rings (SSSR count). The fraction of sp³-hybridized carbons (Fsp3) is 0.250. The van der Waals surface area contributed by atoms with Gasteiger partial charge in [-0.2, -0.15) is 5.10 Å². The Balaban J connectivity index is 2.04. The molecule has 0 fully saturated rings. The number of nitrogens with zero attached hydrogens (tertiary/aromatic N) is 2. The molecule has 0 radical (unpaired) electrons. The highest BCUT2D eigenvalue weighted by Crippen LogP contribution is 2.29. The lowest BCUT2D eigenvalue weighted by Gasteiger charge is -2.08. The Kier molecular flexibility index (Phi) is 1.86. The molecule has 0 aliphatic carbocycles. The second kappa shape index (κ2) is 3.21. The van der Waals surface area contributed by atoms with Crippen LogP contribution in [0.1, 0.15) is 22.7 Å². The van der Waals surface area contributed by atoms with Crippen molar-refractivity contribution >= 4 is 0 Å². The van der Waals surface area contributed by atoms with E-state index in [0.29, 0.717) is 6.04 Å². The first-order valence-corrected chi connectivity index (χ1v) is 5.14. The van der Waals surface area contributed by atoms with E-state index < -0.39 is 0 Å². The number of hydrogen-bond acceptors (Lipinski definition) is 2. The fourth-order valence-corrected chi connectivity index (χ4v) is 2.19. The van der Waals surface area contributed by atoms with E-state index in [0.717, 1.165) is 6.54 Å². The molecule has 1 aromatic carbocycles. The molecule has 1 atom stereocenters. The third-order valence-electron chi connectivity index (χ3n) is 2.92. The summed E-state index contributed by atoms with van der Waals surface area (Å²) in [5.41, 5.74) is 4.01. The van der Waals surface area contributed by atoms with Gasteiger partial charge in [-0.1, -0.05) is 24.3 Å². The van der Waals surface area contributed by atoms with Gasteiger partial charge in [-0.25, -0.2) is 0 Å². The summed E-state index contributed by atoms with van der Waals surface area (Å²) in [5.74, 6) is 0. The van der Waals surface area contributed by atoms with E-state index in [1.165, 1.54) is 16.7 Å². The molecule has 1 aliphatic rings. The van der Waals surface area contributed by atoms with Crippen molar-refractivity contribution < 1.29 is 0 Å². The van der Waals surface area contributed by atoms with Crippen molar-refractivity contribution in [1.82, 2.24) is 15.1 Å². The molecule has 1 aliphatic heterocycles. The van der Waals surface area contributed by atoms with E-state index >= 15 is 0 Å². The molecule has 1 unspecified atom stereocenters. The summed E-state index contributed by atoms with van der Waals surface area (Å²) >= 11 is 0. The molecule has 0 saturated heterocycles. The Labute approximate surface area is 88.7 Å². The topological polar surface area (TPSA) is 29.9 Å². The van der Waals surface area contributed by atoms with Gasteiger partial charge in [0.05, 0.1) is 12.2 Å². The number of aromatic nitrogens is 2. The summed E-state index contributed by atoms with van der Waals surface area (Å²) in [6, 6.07) is 8.86. The minimum Gasteiger partial charge on any atom is -0.302 e. The summed E-state index contributed by atoms with van der Waals surface area (Å²) in [5, 5.41) is 7.71. The van der Waals surface area contributed by atoms with Gasteiger partial charge < -0.3 is 5.32 Å². The molecule has 1 N–H and O–H groups in total. The Hall–Kier alpha value is -1.61. The molecule has 15 heavy (non-hydrogen) atoms. The van der Waals surface area contributed by atoms with Gasteiger partial charge in [0.25, 0.3) is 0 Å². The SMILES string of the molecule is Cn1cc(C2NCc3ccccc32)cn1. The van der Waals surface area contributed by atoms with E-state index in [1.54, 1.807) is 0 Å².